The average molecular weight is 295 g/mol. The van der Waals surface area contributed by atoms with E-state index in [1.54, 1.807) is 7.11 Å². The Labute approximate surface area is 123 Å². The van der Waals surface area contributed by atoms with Crippen molar-refractivity contribution in [1.29, 1.82) is 0 Å². The number of hydrogen-bond acceptors (Lipinski definition) is 3. The van der Waals surface area contributed by atoms with Crippen LogP contribution in [0.3, 0.4) is 0 Å². The second kappa shape index (κ2) is 6.02. The molecular formula is C15H19ClN2O2. The molecule has 0 radical (unpaired) electrons. The van der Waals surface area contributed by atoms with Crippen LogP contribution in [0.4, 0.5) is 0 Å². The molecule has 0 bridgehead atoms. The van der Waals surface area contributed by atoms with Crippen LogP contribution in [0.15, 0.2) is 18.2 Å². The van der Waals surface area contributed by atoms with Crippen molar-refractivity contribution in [3.05, 3.63) is 24.0 Å². The van der Waals surface area contributed by atoms with Crippen LogP contribution in [0.2, 0.25) is 0 Å². The Morgan fingerprint density at radius 3 is 3.05 bits per heavy atom. The maximum atomic E-state index is 6.04. The molecule has 1 atom stereocenters. The van der Waals surface area contributed by atoms with Gasteiger partial charge in [0.2, 0.25) is 0 Å². The highest BCUT2D eigenvalue weighted by molar-refractivity contribution is 6.16. The van der Waals surface area contributed by atoms with Crippen molar-refractivity contribution in [1.82, 2.24) is 9.55 Å². The van der Waals surface area contributed by atoms with E-state index >= 15 is 0 Å². The van der Waals surface area contributed by atoms with Crippen molar-refractivity contribution < 1.29 is 9.47 Å². The van der Waals surface area contributed by atoms with Gasteiger partial charge in [0.25, 0.3) is 0 Å². The molecule has 1 unspecified atom stereocenters. The van der Waals surface area contributed by atoms with Crippen molar-refractivity contribution >= 4 is 22.6 Å². The fourth-order valence-electron chi connectivity index (χ4n) is 2.74. The number of aromatic nitrogens is 2. The number of fused-ring (bicyclic) bond motifs is 1. The lowest BCUT2D eigenvalue weighted by Gasteiger charge is -2.23. The maximum Gasteiger partial charge on any atom is 0.124 e. The Hall–Kier alpha value is -1.26. The third kappa shape index (κ3) is 2.63. The molecule has 5 heteroatoms. The van der Waals surface area contributed by atoms with Gasteiger partial charge in [0.1, 0.15) is 11.6 Å². The molecule has 0 amide bonds. The molecule has 1 aromatic heterocycles. The molecule has 20 heavy (non-hydrogen) atoms. The average Bonchev–Trinajstić information content (AvgIpc) is 2.85. The minimum Gasteiger partial charge on any atom is -0.497 e. The van der Waals surface area contributed by atoms with Crippen molar-refractivity contribution in [3.8, 4) is 5.75 Å². The Bertz CT molecular complexity index is 591. The van der Waals surface area contributed by atoms with Crippen LogP contribution in [-0.4, -0.2) is 29.4 Å². The lowest BCUT2D eigenvalue weighted by atomic mass is 10.1. The van der Waals surface area contributed by atoms with Gasteiger partial charge in [-0.2, -0.15) is 0 Å². The number of imidazole rings is 1. The molecule has 1 aliphatic heterocycles. The van der Waals surface area contributed by atoms with Crippen LogP contribution in [-0.2, 0) is 17.2 Å². The van der Waals surface area contributed by atoms with E-state index < -0.39 is 0 Å². The topological polar surface area (TPSA) is 36.3 Å². The van der Waals surface area contributed by atoms with Gasteiger partial charge in [-0.05, 0) is 31.4 Å². The van der Waals surface area contributed by atoms with Crippen LogP contribution in [0.25, 0.3) is 11.0 Å². The largest absolute Gasteiger partial charge is 0.497 e. The third-order valence-corrected chi connectivity index (χ3v) is 4.05. The summed E-state index contributed by atoms with van der Waals surface area (Å²) in [5.74, 6) is 2.14. The molecule has 4 nitrogen and oxygen atoms in total. The van der Waals surface area contributed by atoms with Crippen LogP contribution in [0.1, 0.15) is 25.1 Å². The minimum atomic E-state index is 0.259. The Balaban J connectivity index is 1.97. The fraction of sp³-hybridized carbons (Fsp3) is 0.533. The first kappa shape index (κ1) is 13.7. The third-order valence-electron chi connectivity index (χ3n) is 3.81. The molecule has 0 N–H and O–H groups in total. The standard InChI is InChI=1S/C15H19ClN2O2/c1-19-11-5-6-13-14(8-11)18(15(9-16)17-13)10-12-4-2-3-7-20-12/h5-6,8,12H,2-4,7,9-10H2,1H3. The second-order valence-corrected chi connectivity index (χ2v) is 5.38. The molecular weight excluding hydrogens is 276 g/mol. The molecule has 3 rings (SSSR count). The van der Waals surface area contributed by atoms with E-state index in [-0.39, 0.29) is 6.10 Å². The summed E-state index contributed by atoms with van der Waals surface area (Å²) in [7, 11) is 1.68. The van der Waals surface area contributed by atoms with E-state index in [9.17, 15) is 0 Å². The van der Waals surface area contributed by atoms with Gasteiger partial charge in [-0.1, -0.05) is 0 Å². The number of halogens is 1. The van der Waals surface area contributed by atoms with Gasteiger partial charge in [-0.3, -0.25) is 0 Å². The van der Waals surface area contributed by atoms with Crippen molar-refractivity contribution in [2.24, 2.45) is 0 Å². The van der Waals surface area contributed by atoms with E-state index in [1.807, 2.05) is 18.2 Å². The Morgan fingerprint density at radius 1 is 1.45 bits per heavy atom. The van der Waals surface area contributed by atoms with Gasteiger partial charge in [0, 0.05) is 12.7 Å². The van der Waals surface area contributed by atoms with Gasteiger partial charge < -0.3 is 14.0 Å². The first-order valence-electron chi connectivity index (χ1n) is 7.02. The molecule has 1 saturated heterocycles. The van der Waals surface area contributed by atoms with E-state index in [0.717, 1.165) is 48.6 Å². The summed E-state index contributed by atoms with van der Waals surface area (Å²) in [6, 6.07) is 5.92. The summed E-state index contributed by atoms with van der Waals surface area (Å²) in [5.41, 5.74) is 2.02. The number of alkyl halides is 1. The highest BCUT2D eigenvalue weighted by Crippen LogP contribution is 2.25. The highest BCUT2D eigenvalue weighted by atomic mass is 35.5. The smallest absolute Gasteiger partial charge is 0.124 e. The fourth-order valence-corrected chi connectivity index (χ4v) is 2.94. The molecule has 1 aromatic carbocycles. The molecule has 0 spiro atoms. The van der Waals surface area contributed by atoms with Gasteiger partial charge in [0.15, 0.2) is 0 Å². The molecule has 2 aromatic rings. The number of ether oxygens (including phenoxy) is 2. The van der Waals surface area contributed by atoms with Gasteiger partial charge in [-0.25, -0.2) is 4.98 Å². The number of rotatable bonds is 4. The van der Waals surface area contributed by atoms with Crippen LogP contribution in [0.5, 0.6) is 5.75 Å². The second-order valence-electron chi connectivity index (χ2n) is 5.12. The number of hydrogen-bond donors (Lipinski definition) is 0. The van der Waals surface area contributed by atoms with E-state index in [4.69, 9.17) is 21.1 Å². The predicted molar refractivity (Wildman–Crippen MR) is 79.4 cm³/mol. The summed E-state index contributed by atoms with van der Waals surface area (Å²) in [6.07, 6.45) is 3.76. The summed E-state index contributed by atoms with van der Waals surface area (Å²) in [6.45, 7) is 1.67. The van der Waals surface area contributed by atoms with Gasteiger partial charge in [-0.15, -0.1) is 11.6 Å². The van der Waals surface area contributed by atoms with Gasteiger partial charge >= 0.3 is 0 Å². The Morgan fingerprint density at radius 2 is 2.35 bits per heavy atom. The molecule has 1 aliphatic rings. The van der Waals surface area contributed by atoms with Crippen molar-refractivity contribution in [2.45, 2.75) is 37.8 Å². The van der Waals surface area contributed by atoms with Crippen molar-refractivity contribution in [3.63, 3.8) is 0 Å². The molecule has 1 fully saturated rings. The summed E-state index contributed by atoms with van der Waals surface area (Å²) >= 11 is 6.04. The number of methoxy groups -OCH3 is 1. The van der Waals surface area contributed by atoms with E-state index in [2.05, 4.69) is 9.55 Å². The zero-order valence-corrected chi connectivity index (χ0v) is 12.4. The first-order valence-corrected chi connectivity index (χ1v) is 7.56. The lowest BCUT2D eigenvalue weighted by Crippen LogP contribution is -2.25. The lowest BCUT2D eigenvalue weighted by molar-refractivity contribution is 0.00627. The van der Waals surface area contributed by atoms with Crippen molar-refractivity contribution in [2.75, 3.05) is 13.7 Å². The normalized spacial score (nSPS) is 19.4. The number of benzene rings is 1. The van der Waals surface area contributed by atoms with Crippen LogP contribution < -0.4 is 4.74 Å². The van der Waals surface area contributed by atoms with Crippen LogP contribution >= 0.6 is 11.6 Å². The zero-order chi connectivity index (χ0) is 13.9. The SMILES string of the molecule is COc1ccc2nc(CCl)n(CC3CCCCO3)c2c1. The van der Waals surface area contributed by atoms with E-state index in [0.29, 0.717) is 5.88 Å². The molecule has 0 aliphatic carbocycles. The molecule has 108 valence electrons. The summed E-state index contributed by atoms with van der Waals surface area (Å²) < 4.78 is 13.3. The predicted octanol–water partition coefficient (Wildman–Crippen LogP) is 3.35. The first-order chi connectivity index (χ1) is 9.81. The minimum absolute atomic E-state index is 0.259. The summed E-state index contributed by atoms with van der Waals surface area (Å²) in [4.78, 5) is 4.59. The maximum absolute atomic E-state index is 6.04. The molecule has 2 heterocycles. The Kier molecular flexibility index (Phi) is 4.13. The number of nitrogens with zero attached hydrogens (tertiary/aromatic N) is 2. The highest BCUT2D eigenvalue weighted by Gasteiger charge is 2.18. The van der Waals surface area contributed by atoms with Gasteiger partial charge in [0.05, 0.1) is 36.7 Å². The summed E-state index contributed by atoms with van der Waals surface area (Å²) in [5, 5.41) is 0. The van der Waals surface area contributed by atoms with E-state index in [1.165, 1.54) is 6.42 Å². The van der Waals surface area contributed by atoms with Crippen LogP contribution in [0, 0.1) is 0 Å². The zero-order valence-electron chi connectivity index (χ0n) is 11.6. The monoisotopic (exact) mass is 294 g/mol. The molecule has 0 saturated carbocycles. The quantitative estimate of drug-likeness (QED) is 0.811.